The number of hydrogen-bond acceptors (Lipinski definition) is 3. The van der Waals surface area contributed by atoms with Crippen LogP contribution in [0.5, 0.6) is 0 Å². The van der Waals surface area contributed by atoms with E-state index in [1.54, 1.807) is 0 Å². The van der Waals surface area contributed by atoms with Crippen LogP contribution in [-0.2, 0) is 13.6 Å². The molecule has 0 aromatic rings. The molecule has 0 aliphatic rings. The van der Waals surface area contributed by atoms with Crippen molar-refractivity contribution in [2.45, 2.75) is 32.1 Å². The fraction of sp³-hybridized carbons (Fsp3) is 0.667. The topological polar surface area (TPSA) is 35.5 Å². The van der Waals surface area contributed by atoms with Gasteiger partial charge in [0.2, 0.25) is 0 Å². The maximum absolute atomic E-state index is 10.7. The Kier molecular flexibility index (Phi) is 7.73. The van der Waals surface area contributed by atoms with E-state index in [1.807, 2.05) is 0 Å². The Bertz CT molecular complexity index is 183. The summed E-state index contributed by atoms with van der Waals surface area (Å²) in [5, 5.41) is 0. The zero-order valence-corrected chi connectivity index (χ0v) is 11.6. The summed E-state index contributed by atoms with van der Waals surface area (Å²) in [6.07, 6.45) is 2.10. The molecule has 3 nitrogen and oxygen atoms in total. The van der Waals surface area contributed by atoms with E-state index in [1.165, 1.54) is 6.08 Å². The molecule has 0 aliphatic heterocycles. The van der Waals surface area contributed by atoms with Gasteiger partial charge in [0.05, 0.1) is 6.61 Å². The summed E-state index contributed by atoms with van der Waals surface area (Å²) in [6, 6.07) is 1.08. The van der Waals surface area contributed by atoms with Crippen molar-refractivity contribution in [3.05, 3.63) is 12.7 Å². The maximum Gasteiger partial charge on any atom is 0.330 e. The van der Waals surface area contributed by atoms with Crippen molar-refractivity contribution in [2.75, 3.05) is 6.61 Å². The van der Waals surface area contributed by atoms with Crippen LogP contribution in [0.15, 0.2) is 12.7 Å². The Balaban J connectivity index is 3.35. The van der Waals surface area contributed by atoms with Crippen LogP contribution >= 0.6 is 0 Å². The number of carbonyl (C=O) groups is 1. The Labute approximate surface area is 89.6 Å². The van der Waals surface area contributed by atoms with Gasteiger partial charge in [0.1, 0.15) is 0 Å². The molecule has 5 heteroatoms. The van der Waals surface area contributed by atoms with Crippen LogP contribution in [0.4, 0.5) is 0 Å². The first-order valence-corrected chi connectivity index (χ1v) is 10.2. The predicted molar refractivity (Wildman–Crippen MR) is 63.6 cm³/mol. The molecule has 0 saturated carbocycles. The van der Waals surface area contributed by atoms with Crippen molar-refractivity contribution in [3.8, 4) is 0 Å². The molecule has 0 spiro atoms. The zero-order valence-electron chi connectivity index (χ0n) is 9.29. The lowest BCUT2D eigenvalue weighted by Crippen LogP contribution is -2.21. The normalized spacial score (nSPS) is 12.6. The monoisotopic (exact) mass is 232 g/mol. The maximum atomic E-state index is 10.7. The van der Waals surface area contributed by atoms with E-state index in [0.29, 0.717) is 6.61 Å². The lowest BCUT2D eigenvalue weighted by Gasteiger charge is -2.13. The molecule has 1 unspecified atom stereocenters. The highest BCUT2D eigenvalue weighted by atomic mass is 28.4. The van der Waals surface area contributed by atoms with E-state index in [2.05, 4.69) is 26.2 Å². The third kappa shape index (κ3) is 8.21. The number of esters is 1. The lowest BCUT2D eigenvalue weighted by atomic mass is 10.5. The van der Waals surface area contributed by atoms with Gasteiger partial charge in [-0.15, -0.1) is 0 Å². The largest absolute Gasteiger partial charge is 0.463 e. The molecular weight excluding hydrogens is 212 g/mol. The smallest absolute Gasteiger partial charge is 0.330 e. The highest BCUT2D eigenvalue weighted by molar-refractivity contribution is 6.63. The standard InChI is InChI=1S/C9H20O3Si2/c1-5-9(10)11-7-6-8-14(4)12-13(2)3/h5,13-14H,1,6-8H2,2-4H3. The summed E-state index contributed by atoms with van der Waals surface area (Å²) >= 11 is 0. The quantitative estimate of drug-likeness (QED) is 0.288. The van der Waals surface area contributed by atoms with Gasteiger partial charge in [-0.25, -0.2) is 4.79 Å². The average Bonchev–Trinajstić information content (AvgIpc) is 2.10. The van der Waals surface area contributed by atoms with E-state index in [4.69, 9.17) is 8.85 Å². The molecule has 1 atom stereocenters. The van der Waals surface area contributed by atoms with Crippen LogP contribution in [0.3, 0.4) is 0 Å². The van der Waals surface area contributed by atoms with E-state index < -0.39 is 18.1 Å². The summed E-state index contributed by atoms with van der Waals surface area (Å²) in [5.41, 5.74) is 0. The minimum atomic E-state index is -0.987. The average molecular weight is 232 g/mol. The Morgan fingerprint density at radius 3 is 2.57 bits per heavy atom. The highest BCUT2D eigenvalue weighted by Gasteiger charge is 2.07. The Morgan fingerprint density at radius 1 is 1.43 bits per heavy atom. The van der Waals surface area contributed by atoms with Gasteiger partial charge in [0.25, 0.3) is 0 Å². The summed E-state index contributed by atoms with van der Waals surface area (Å²) in [4.78, 5) is 10.7. The first-order chi connectivity index (χ1) is 6.56. The van der Waals surface area contributed by atoms with Crippen molar-refractivity contribution < 1.29 is 13.6 Å². The number of carbonyl (C=O) groups excluding carboxylic acids is 1. The third-order valence-electron chi connectivity index (χ3n) is 1.67. The molecule has 0 saturated heterocycles. The summed E-state index contributed by atoms with van der Waals surface area (Å²) in [6.45, 7) is 10.4. The first-order valence-electron chi connectivity index (χ1n) is 5.01. The van der Waals surface area contributed by atoms with Gasteiger partial charge < -0.3 is 8.85 Å². The molecule has 0 bridgehead atoms. The van der Waals surface area contributed by atoms with Gasteiger partial charge in [-0.1, -0.05) is 6.58 Å². The molecule has 0 aromatic carbocycles. The van der Waals surface area contributed by atoms with Crippen LogP contribution in [0.2, 0.25) is 25.7 Å². The SMILES string of the molecule is C=CC(=O)OCCC[SiH](C)O[SiH](C)C. The molecule has 0 aromatic heterocycles. The van der Waals surface area contributed by atoms with Gasteiger partial charge in [0.15, 0.2) is 18.1 Å². The summed E-state index contributed by atoms with van der Waals surface area (Å²) in [5.74, 6) is -0.335. The molecular formula is C9H20O3Si2. The summed E-state index contributed by atoms with van der Waals surface area (Å²) < 4.78 is 10.7. The molecule has 0 rings (SSSR count). The van der Waals surface area contributed by atoms with Crippen molar-refractivity contribution in [1.82, 2.24) is 0 Å². The molecule has 0 N–H and O–H groups in total. The second-order valence-corrected chi connectivity index (χ2v) is 8.89. The number of rotatable bonds is 7. The Morgan fingerprint density at radius 2 is 2.07 bits per heavy atom. The first kappa shape index (κ1) is 13.6. The second kappa shape index (κ2) is 7.96. The lowest BCUT2D eigenvalue weighted by molar-refractivity contribution is -0.137. The minimum Gasteiger partial charge on any atom is -0.463 e. The summed E-state index contributed by atoms with van der Waals surface area (Å²) in [7, 11) is -1.86. The van der Waals surface area contributed by atoms with Gasteiger partial charge in [-0.2, -0.15) is 0 Å². The van der Waals surface area contributed by atoms with Crippen molar-refractivity contribution >= 4 is 24.0 Å². The van der Waals surface area contributed by atoms with E-state index in [-0.39, 0.29) is 5.97 Å². The van der Waals surface area contributed by atoms with Crippen molar-refractivity contribution in [1.29, 1.82) is 0 Å². The van der Waals surface area contributed by atoms with E-state index in [0.717, 1.165) is 12.5 Å². The molecule has 0 fully saturated rings. The number of ether oxygens (including phenoxy) is 1. The van der Waals surface area contributed by atoms with E-state index in [9.17, 15) is 4.79 Å². The Hall–Kier alpha value is -0.396. The third-order valence-corrected chi connectivity index (χ3v) is 6.93. The minimum absolute atomic E-state index is 0.335. The van der Waals surface area contributed by atoms with Crippen LogP contribution < -0.4 is 0 Å². The second-order valence-electron chi connectivity index (χ2n) is 3.51. The van der Waals surface area contributed by atoms with E-state index >= 15 is 0 Å². The van der Waals surface area contributed by atoms with Crippen molar-refractivity contribution in [3.63, 3.8) is 0 Å². The molecule has 0 amide bonds. The molecule has 0 aliphatic carbocycles. The molecule has 82 valence electrons. The van der Waals surface area contributed by atoms with Crippen LogP contribution in [0.1, 0.15) is 6.42 Å². The fourth-order valence-electron chi connectivity index (χ4n) is 1.14. The molecule has 0 radical (unpaired) electrons. The fourth-order valence-corrected chi connectivity index (χ4v) is 6.14. The molecule has 14 heavy (non-hydrogen) atoms. The molecule has 0 heterocycles. The van der Waals surface area contributed by atoms with Gasteiger partial charge in [-0.05, 0) is 32.1 Å². The highest BCUT2D eigenvalue weighted by Crippen LogP contribution is 2.01. The number of hydrogen-bond donors (Lipinski definition) is 0. The van der Waals surface area contributed by atoms with Gasteiger partial charge in [-0.3, -0.25) is 0 Å². The predicted octanol–water partition coefficient (Wildman–Crippen LogP) is 1.46. The van der Waals surface area contributed by atoms with Crippen LogP contribution in [0, 0.1) is 0 Å². The van der Waals surface area contributed by atoms with Gasteiger partial charge >= 0.3 is 5.97 Å². The van der Waals surface area contributed by atoms with Crippen LogP contribution in [0.25, 0.3) is 0 Å². The zero-order chi connectivity index (χ0) is 11.0. The van der Waals surface area contributed by atoms with Crippen LogP contribution in [-0.4, -0.2) is 30.7 Å². The van der Waals surface area contributed by atoms with Crippen molar-refractivity contribution in [2.24, 2.45) is 0 Å². The van der Waals surface area contributed by atoms with Gasteiger partial charge in [0, 0.05) is 6.08 Å².